The Morgan fingerprint density at radius 3 is 2.45 bits per heavy atom. The van der Waals surface area contributed by atoms with Crippen LogP contribution in [0.15, 0.2) is 64.5 Å². The monoisotopic (exact) mass is 405 g/mol. The lowest BCUT2D eigenvalue weighted by atomic mass is 10.2. The summed E-state index contributed by atoms with van der Waals surface area (Å²) in [7, 11) is 3.67. The van der Waals surface area contributed by atoms with E-state index in [0.29, 0.717) is 33.6 Å². The summed E-state index contributed by atoms with van der Waals surface area (Å²) in [6.45, 7) is 0. The minimum Gasteiger partial charge on any atom is -0.368 e. The van der Waals surface area contributed by atoms with Gasteiger partial charge in [0, 0.05) is 14.1 Å². The van der Waals surface area contributed by atoms with Crippen molar-refractivity contribution in [2.75, 3.05) is 24.7 Å². The summed E-state index contributed by atoms with van der Waals surface area (Å²) in [5.74, 6) is 1.56. The van der Waals surface area contributed by atoms with E-state index in [9.17, 15) is 4.79 Å². The van der Waals surface area contributed by atoms with Crippen LogP contribution in [0.25, 0.3) is 16.6 Å². The van der Waals surface area contributed by atoms with Crippen LogP contribution in [0.5, 0.6) is 0 Å². The lowest BCUT2D eigenvalue weighted by Crippen LogP contribution is -2.21. The van der Waals surface area contributed by atoms with E-state index in [1.165, 1.54) is 11.8 Å². The molecule has 2 heterocycles. The molecule has 4 rings (SSSR count). The summed E-state index contributed by atoms with van der Waals surface area (Å²) in [6, 6.07) is 16.8. The molecule has 146 valence electrons. The molecule has 0 unspecified atom stereocenters. The largest absolute Gasteiger partial charge is 0.368 e. The molecule has 0 aliphatic rings. The lowest BCUT2D eigenvalue weighted by molar-refractivity contribution is 0.817. The van der Waals surface area contributed by atoms with Crippen molar-refractivity contribution >= 4 is 34.6 Å². The molecule has 2 N–H and O–H groups in total. The molecule has 0 radical (unpaired) electrons. The first kappa shape index (κ1) is 18.9. The SMILES string of the molecule is CN(C)c1nc(N)nc(CSc2nc3ccccc3c(=O)n2-c2ccccc2)n1. The van der Waals surface area contributed by atoms with Gasteiger partial charge in [-0.05, 0) is 24.3 Å². The van der Waals surface area contributed by atoms with Crippen molar-refractivity contribution in [3.05, 3.63) is 70.8 Å². The van der Waals surface area contributed by atoms with Crippen LogP contribution in [0.4, 0.5) is 11.9 Å². The van der Waals surface area contributed by atoms with Crippen molar-refractivity contribution in [3.63, 3.8) is 0 Å². The molecule has 0 saturated carbocycles. The van der Waals surface area contributed by atoms with E-state index in [1.54, 1.807) is 15.5 Å². The third kappa shape index (κ3) is 3.90. The second kappa shape index (κ2) is 7.88. The molecule has 0 aliphatic carbocycles. The van der Waals surface area contributed by atoms with Gasteiger partial charge in [0.1, 0.15) is 5.82 Å². The second-order valence-corrected chi connectivity index (χ2v) is 7.42. The van der Waals surface area contributed by atoms with E-state index in [2.05, 4.69) is 15.0 Å². The molecule has 0 fully saturated rings. The summed E-state index contributed by atoms with van der Waals surface area (Å²) in [6.07, 6.45) is 0. The Kier molecular flexibility index (Phi) is 5.13. The Balaban J connectivity index is 1.78. The topological polar surface area (TPSA) is 103 Å². The van der Waals surface area contributed by atoms with Gasteiger partial charge in [-0.25, -0.2) is 4.98 Å². The van der Waals surface area contributed by atoms with Crippen LogP contribution in [0, 0.1) is 0 Å². The maximum atomic E-state index is 13.2. The smallest absolute Gasteiger partial charge is 0.266 e. The van der Waals surface area contributed by atoms with Gasteiger partial charge >= 0.3 is 0 Å². The van der Waals surface area contributed by atoms with Crippen LogP contribution in [-0.4, -0.2) is 38.6 Å². The fourth-order valence-corrected chi connectivity index (χ4v) is 3.70. The van der Waals surface area contributed by atoms with E-state index in [0.717, 1.165) is 5.69 Å². The number of para-hydroxylation sites is 2. The third-order valence-electron chi connectivity index (χ3n) is 4.18. The van der Waals surface area contributed by atoms with Gasteiger partial charge in [-0.2, -0.15) is 15.0 Å². The number of hydrogen-bond donors (Lipinski definition) is 1. The zero-order valence-corrected chi connectivity index (χ0v) is 16.8. The lowest BCUT2D eigenvalue weighted by Gasteiger charge is -2.14. The highest BCUT2D eigenvalue weighted by atomic mass is 32.2. The fraction of sp³-hybridized carbons (Fsp3) is 0.150. The minimum atomic E-state index is -0.117. The number of aromatic nitrogens is 5. The molecular formula is C20H19N7OS. The van der Waals surface area contributed by atoms with Crippen LogP contribution in [0.1, 0.15) is 5.82 Å². The van der Waals surface area contributed by atoms with Gasteiger partial charge in [0.25, 0.3) is 5.56 Å². The van der Waals surface area contributed by atoms with E-state index in [1.807, 2.05) is 62.6 Å². The van der Waals surface area contributed by atoms with Crippen molar-refractivity contribution in [2.24, 2.45) is 0 Å². The van der Waals surface area contributed by atoms with Crippen LogP contribution >= 0.6 is 11.8 Å². The van der Waals surface area contributed by atoms with Crippen molar-refractivity contribution in [2.45, 2.75) is 10.9 Å². The van der Waals surface area contributed by atoms with E-state index < -0.39 is 0 Å². The van der Waals surface area contributed by atoms with Crippen LogP contribution in [0.2, 0.25) is 0 Å². The summed E-state index contributed by atoms with van der Waals surface area (Å²) >= 11 is 1.38. The summed E-state index contributed by atoms with van der Waals surface area (Å²) in [5.41, 5.74) is 7.10. The van der Waals surface area contributed by atoms with Crippen LogP contribution in [-0.2, 0) is 5.75 Å². The van der Waals surface area contributed by atoms with Crippen LogP contribution < -0.4 is 16.2 Å². The molecule has 0 spiro atoms. The Bertz CT molecular complexity index is 1220. The van der Waals surface area contributed by atoms with Crippen molar-refractivity contribution in [1.29, 1.82) is 0 Å². The minimum absolute atomic E-state index is 0.117. The molecular weight excluding hydrogens is 386 g/mol. The first-order valence-corrected chi connectivity index (χ1v) is 9.89. The first-order chi connectivity index (χ1) is 14.0. The molecule has 0 saturated heterocycles. The van der Waals surface area contributed by atoms with Crippen LogP contribution in [0.3, 0.4) is 0 Å². The maximum absolute atomic E-state index is 13.2. The number of nitrogen functional groups attached to an aromatic ring is 1. The number of anilines is 2. The number of nitrogens with two attached hydrogens (primary N) is 1. The van der Waals surface area contributed by atoms with Gasteiger partial charge in [0.2, 0.25) is 11.9 Å². The highest BCUT2D eigenvalue weighted by molar-refractivity contribution is 7.98. The second-order valence-electron chi connectivity index (χ2n) is 6.48. The van der Waals surface area contributed by atoms with Gasteiger partial charge in [0.05, 0.1) is 22.3 Å². The Labute approximate surface area is 171 Å². The van der Waals surface area contributed by atoms with E-state index in [-0.39, 0.29) is 11.5 Å². The Morgan fingerprint density at radius 1 is 0.966 bits per heavy atom. The summed E-state index contributed by atoms with van der Waals surface area (Å²) in [4.78, 5) is 32.4. The average molecular weight is 405 g/mol. The van der Waals surface area contributed by atoms with E-state index >= 15 is 0 Å². The van der Waals surface area contributed by atoms with Gasteiger partial charge in [-0.1, -0.05) is 42.1 Å². The number of benzene rings is 2. The fourth-order valence-electron chi connectivity index (χ4n) is 2.83. The maximum Gasteiger partial charge on any atom is 0.266 e. The predicted molar refractivity (Wildman–Crippen MR) is 115 cm³/mol. The Morgan fingerprint density at radius 2 is 1.69 bits per heavy atom. The van der Waals surface area contributed by atoms with Crippen molar-refractivity contribution in [3.8, 4) is 5.69 Å². The van der Waals surface area contributed by atoms with Gasteiger partial charge in [-0.15, -0.1) is 0 Å². The number of hydrogen-bond acceptors (Lipinski definition) is 8. The highest BCUT2D eigenvalue weighted by Gasteiger charge is 2.14. The number of nitrogens with zero attached hydrogens (tertiary/aromatic N) is 6. The molecule has 4 aromatic rings. The van der Waals surface area contributed by atoms with Gasteiger partial charge in [-0.3, -0.25) is 9.36 Å². The quantitative estimate of drug-likeness (QED) is 0.399. The average Bonchev–Trinajstić information content (AvgIpc) is 2.72. The third-order valence-corrected chi connectivity index (χ3v) is 5.11. The zero-order chi connectivity index (χ0) is 20.4. The molecule has 0 bridgehead atoms. The molecule has 29 heavy (non-hydrogen) atoms. The van der Waals surface area contributed by atoms with Crippen molar-refractivity contribution in [1.82, 2.24) is 24.5 Å². The molecule has 0 atom stereocenters. The summed E-state index contributed by atoms with van der Waals surface area (Å²) in [5, 5.41) is 1.13. The number of thioether (sulfide) groups is 1. The number of fused-ring (bicyclic) bond motifs is 1. The molecule has 2 aromatic carbocycles. The van der Waals surface area contributed by atoms with Crippen molar-refractivity contribution < 1.29 is 0 Å². The first-order valence-electron chi connectivity index (χ1n) is 8.90. The molecule has 0 amide bonds. The predicted octanol–water partition coefficient (Wildman–Crippen LogP) is 2.51. The summed E-state index contributed by atoms with van der Waals surface area (Å²) < 4.78 is 1.62. The van der Waals surface area contributed by atoms with Gasteiger partial charge < -0.3 is 10.6 Å². The normalized spacial score (nSPS) is 11.0. The zero-order valence-electron chi connectivity index (χ0n) is 16.0. The van der Waals surface area contributed by atoms with Gasteiger partial charge in [0.15, 0.2) is 5.16 Å². The molecule has 2 aromatic heterocycles. The molecule has 0 aliphatic heterocycles. The number of rotatable bonds is 5. The molecule has 9 heteroatoms. The van der Waals surface area contributed by atoms with E-state index in [4.69, 9.17) is 10.7 Å². The highest BCUT2D eigenvalue weighted by Crippen LogP contribution is 2.24. The standard InChI is InChI=1S/C20H19N7OS/c1-26(2)19-24-16(23-18(21)25-19)12-29-20-22-15-11-7-6-10-14(15)17(28)27(20)13-8-4-3-5-9-13/h3-11H,12H2,1-2H3,(H2,21,23,24,25). The molecule has 8 nitrogen and oxygen atoms in total. The Hall–Kier alpha value is -3.46.